The summed E-state index contributed by atoms with van der Waals surface area (Å²) in [4.78, 5) is 13.3. The summed E-state index contributed by atoms with van der Waals surface area (Å²) in [5, 5.41) is 7.43. The molecular formula is C21H21ClF2N4OS. The van der Waals surface area contributed by atoms with Crippen LogP contribution in [-0.4, -0.2) is 33.1 Å². The largest absolute Gasteiger partial charge is 0.348 e. The lowest BCUT2D eigenvalue weighted by Gasteiger charge is -2.22. The number of hydrogen-bond donors (Lipinski definition) is 2. The molecule has 3 rings (SSSR count). The van der Waals surface area contributed by atoms with Gasteiger partial charge in [-0.3, -0.25) is 9.48 Å². The van der Waals surface area contributed by atoms with Gasteiger partial charge in [0.1, 0.15) is 11.6 Å². The minimum absolute atomic E-state index is 0.0619. The molecule has 5 nitrogen and oxygen atoms in total. The number of nitrogens with one attached hydrogen (secondary N) is 1. The molecule has 0 bridgehead atoms. The number of halogens is 3. The maximum absolute atomic E-state index is 13.9. The number of hydrogen-bond acceptors (Lipinski definition) is 4. The lowest BCUT2D eigenvalue weighted by Crippen LogP contribution is -2.43. The van der Waals surface area contributed by atoms with E-state index in [9.17, 15) is 13.6 Å². The van der Waals surface area contributed by atoms with E-state index in [-0.39, 0.29) is 18.5 Å². The van der Waals surface area contributed by atoms with Gasteiger partial charge in [-0.15, -0.1) is 0 Å². The molecule has 2 aromatic rings. The highest BCUT2D eigenvalue weighted by Gasteiger charge is 2.26. The van der Waals surface area contributed by atoms with Gasteiger partial charge >= 0.3 is 0 Å². The third-order valence-corrected chi connectivity index (χ3v) is 5.63. The first-order valence-corrected chi connectivity index (χ1v) is 10.1. The molecule has 0 unspecified atom stereocenters. The van der Waals surface area contributed by atoms with Gasteiger partial charge in [0.2, 0.25) is 0 Å². The van der Waals surface area contributed by atoms with Crippen LogP contribution in [0.2, 0.25) is 5.02 Å². The second-order valence-electron chi connectivity index (χ2n) is 7.13. The van der Waals surface area contributed by atoms with E-state index in [0.717, 1.165) is 35.0 Å². The molecule has 1 aromatic heterocycles. The lowest BCUT2D eigenvalue weighted by atomic mass is 9.90. The number of rotatable bonds is 6. The second-order valence-corrected chi connectivity index (χ2v) is 8.03. The lowest BCUT2D eigenvalue weighted by molar-refractivity contribution is -0.117. The first kappa shape index (κ1) is 22.3. The van der Waals surface area contributed by atoms with Gasteiger partial charge < -0.3 is 11.1 Å². The average Bonchev–Trinajstić information content (AvgIpc) is 3.03. The Hall–Kier alpha value is -2.42. The molecule has 0 fully saturated rings. The molecule has 0 saturated heterocycles. The van der Waals surface area contributed by atoms with E-state index in [1.807, 2.05) is 6.92 Å². The standard InChI is InChI=1S/C21H21ClF2N4OS/c1-11-5-16(19(30)8-15(11)20-17(22)10-26-28(20)2)21(29)27-14(9-25)7-12-6-13(23)3-4-18(12)24/h3-6,10,14H,7-9,25H2,1-2H3,(H,27,29)/t14-/m0/s1. The summed E-state index contributed by atoms with van der Waals surface area (Å²) in [5.74, 6) is -1.50. The summed E-state index contributed by atoms with van der Waals surface area (Å²) < 4.78 is 29.0. The molecule has 30 heavy (non-hydrogen) atoms. The van der Waals surface area contributed by atoms with Gasteiger partial charge in [0.25, 0.3) is 5.91 Å². The molecule has 3 N–H and O–H groups in total. The molecule has 1 aliphatic rings. The molecule has 1 atom stereocenters. The number of carbonyl (C=O) groups is 1. The minimum atomic E-state index is -0.574. The third-order valence-electron chi connectivity index (χ3n) is 4.99. The molecule has 1 aliphatic carbocycles. The molecule has 1 amide bonds. The van der Waals surface area contributed by atoms with Crippen LogP contribution in [-0.2, 0) is 18.3 Å². The van der Waals surface area contributed by atoms with Crippen molar-refractivity contribution >= 4 is 40.2 Å². The molecule has 0 radical (unpaired) electrons. The number of nitrogens with zero attached hydrogens (tertiary/aromatic N) is 2. The number of aromatic nitrogens is 2. The van der Waals surface area contributed by atoms with Crippen LogP contribution in [0.4, 0.5) is 8.78 Å². The maximum Gasteiger partial charge on any atom is 0.252 e. The minimum Gasteiger partial charge on any atom is -0.348 e. The summed E-state index contributed by atoms with van der Waals surface area (Å²) in [6.07, 6.45) is 3.70. The number of amides is 1. The van der Waals surface area contributed by atoms with Crippen LogP contribution in [0, 0.1) is 11.6 Å². The Morgan fingerprint density at radius 1 is 1.43 bits per heavy atom. The van der Waals surface area contributed by atoms with Gasteiger partial charge in [-0.05, 0) is 54.3 Å². The fourth-order valence-corrected chi connectivity index (χ4v) is 3.99. The Balaban J connectivity index is 1.81. The smallest absolute Gasteiger partial charge is 0.252 e. The Morgan fingerprint density at radius 3 is 2.80 bits per heavy atom. The zero-order chi connectivity index (χ0) is 22.0. The van der Waals surface area contributed by atoms with Crippen LogP contribution < -0.4 is 11.1 Å². The predicted molar refractivity (Wildman–Crippen MR) is 117 cm³/mol. The third kappa shape index (κ3) is 4.66. The van der Waals surface area contributed by atoms with Gasteiger partial charge in [0.15, 0.2) is 0 Å². The Morgan fingerprint density at radius 2 is 2.17 bits per heavy atom. The van der Waals surface area contributed by atoms with Gasteiger partial charge in [-0.25, -0.2) is 8.78 Å². The van der Waals surface area contributed by atoms with Crippen molar-refractivity contribution in [2.75, 3.05) is 6.54 Å². The summed E-state index contributed by atoms with van der Waals surface area (Å²) in [7, 11) is 1.79. The van der Waals surface area contributed by atoms with E-state index in [2.05, 4.69) is 10.4 Å². The Labute approximate surface area is 183 Å². The van der Waals surface area contributed by atoms with E-state index >= 15 is 0 Å². The summed E-state index contributed by atoms with van der Waals surface area (Å²) in [5.41, 5.74) is 8.76. The van der Waals surface area contributed by atoms with Crippen molar-refractivity contribution in [3.63, 3.8) is 0 Å². The highest BCUT2D eigenvalue weighted by Crippen LogP contribution is 2.33. The van der Waals surface area contributed by atoms with Gasteiger partial charge in [0, 0.05) is 30.9 Å². The Kier molecular flexibility index (Phi) is 6.80. The molecule has 0 spiro atoms. The zero-order valence-electron chi connectivity index (χ0n) is 16.5. The van der Waals surface area contributed by atoms with Crippen LogP contribution in [0.5, 0.6) is 0 Å². The number of nitrogens with two attached hydrogens (primary N) is 1. The van der Waals surface area contributed by atoms with Crippen molar-refractivity contribution in [2.45, 2.75) is 25.8 Å². The van der Waals surface area contributed by atoms with E-state index in [0.29, 0.717) is 21.9 Å². The molecular weight excluding hydrogens is 430 g/mol. The van der Waals surface area contributed by atoms with E-state index in [4.69, 9.17) is 29.6 Å². The molecule has 0 saturated carbocycles. The molecule has 1 aromatic carbocycles. The quantitative estimate of drug-likeness (QED) is 0.660. The van der Waals surface area contributed by atoms with Crippen molar-refractivity contribution in [1.29, 1.82) is 0 Å². The fourth-order valence-electron chi connectivity index (χ4n) is 3.41. The van der Waals surface area contributed by atoms with Crippen molar-refractivity contribution in [2.24, 2.45) is 12.8 Å². The van der Waals surface area contributed by atoms with Crippen molar-refractivity contribution in [3.05, 3.63) is 69.5 Å². The first-order chi connectivity index (χ1) is 14.2. The Bertz CT molecular complexity index is 1060. The van der Waals surface area contributed by atoms with Crippen LogP contribution in [0.1, 0.15) is 24.6 Å². The monoisotopic (exact) mass is 450 g/mol. The molecule has 1 heterocycles. The highest BCUT2D eigenvalue weighted by molar-refractivity contribution is 7.81. The van der Waals surface area contributed by atoms with Crippen molar-refractivity contribution in [3.8, 4) is 0 Å². The number of aryl methyl sites for hydroxylation is 1. The SMILES string of the molecule is CC1=C(c2c(Cl)cnn2C)CC(=S)C(C(=O)N[C@H](CN)Cc2cc(F)ccc2F)=C1. The van der Waals surface area contributed by atoms with Crippen LogP contribution >= 0.6 is 23.8 Å². The number of thiocarbonyl (C=S) groups is 1. The van der Waals surface area contributed by atoms with Gasteiger partial charge in [-0.2, -0.15) is 5.10 Å². The second kappa shape index (κ2) is 9.16. The molecule has 158 valence electrons. The number of carbonyl (C=O) groups excluding carboxylic acids is 1. The normalized spacial score (nSPS) is 15.3. The highest BCUT2D eigenvalue weighted by atomic mass is 35.5. The summed E-state index contributed by atoms with van der Waals surface area (Å²) >= 11 is 11.7. The topological polar surface area (TPSA) is 72.9 Å². The predicted octanol–water partition coefficient (Wildman–Crippen LogP) is 3.51. The maximum atomic E-state index is 13.9. The van der Waals surface area contributed by atoms with Crippen LogP contribution in [0.15, 0.2) is 41.6 Å². The molecule has 9 heteroatoms. The molecule has 0 aliphatic heterocycles. The van der Waals surface area contributed by atoms with Crippen molar-refractivity contribution < 1.29 is 13.6 Å². The van der Waals surface area contributed by atoms with E-state index in [1.165, 1.54) is 0 Å². The number of allylic oxidation sites excluding steroid dienone is 3. The van der Waals surface area contributed by atoms with Crippen LogP contribution in [0.3, 0.4) is 0 Å². The van der Waals surface area contributed by atoms with E-state index < -0.39 is 23.6 Å². The van der Waals surface area contributed by atoms with Crippen molar-refractivity contribution in [1.82, 2.24) is 15.1 Å². The van der Waals surface area contributed by atoms with Gasteiger partial charge in [0.05, 0.1) is 22.5 Å². The van der Waals surface area contributed by atoms with Crippen LogP contribution in [0.25, 0.3) is 5.57 Å². The first-order valence-electron chi connectivity index (χ1n) is 9.28. The average molecular weight is 451 g/mol. The number of benzene rings is 1. The fraction of sp³-hybridized carbons (Fsp3) is 0.286. The summed E-state index contributed by atoms with van der Waals surface area (Å²) in [6.45, 7) is 1.93. The summed E-state index contributed by atoms with van der Waals surface area (Å²) in [6, 6.07) is 2.62. The van der Waals surface area contributed by atoms with Gasteiger partial charge in [-0.1, -0.05) is 23.8 Å². The zero-order valence-corrected chi connectivity index (χ0v) is 18.1. The van der Waals surface area contributed by atoms with E-state index in [1.54, 1.807) is 24.0 Å².